The second-order valence-corrected chi connectivity index (χ2v) is 9.14. The lowest BCUT2D eigenvalue weighted by Gasteiger charge is -2.20. The van der Waals surface area contributed by atoms with Gasteiger partial charge in [0.25, 0.3) is 0 Å². The number of carbonyl (C=O) groups is 1. The largest absolute Gasteiger partial charge is 0.300 e. The minimum absolute atomic E-state index is 0.0411. The highest BCUT2D eigenvalue weighted by Gasteiger charge is 2.40. The Morgan fingerprint density at radius 1 is 1.28 bits per heavy atom. The van der Waals surface area contributed by atoms with E-state index < -0.39 is 0 Å². The van der Waals surface area contributed by atoms with Crippen molar-refractivity contribution in [2.75, 3.05) is 5.32 Å². The number of rotatable bonds is 6. The van der Waals surface area contributed by atoms with Gasteiger partial charge in [-0.3, -0.25) is 4.79 Å². The Balaban J connectivity index is 1.28. The van der Waals surface area contributed by atoms with Crippen LogP contribution < -0.4 is 5.32 Å². The zero-order chi connectivity index (χ0) is 17.2. The summed E-state index contributed by atoms with van der Waals surface area (Å²) in [5, 5.41) is 11.5. The number of benzene rings is 1. The summed E-state index contributed by atoms with van der Waals surface area (Å²) in [7, 11) is 0. The van der Waals surface area contributed by atoms with Crippen molar-refractivity contribution in [2.24, 2.45) is 17.8 Å². The van der Waals surface area contributed by atoms with Crippen LogP contribution in [-0.4, -0.2) is 16.1 Å². The van der Waals surface area contributed by atoms with Gasteiger partial charge in [0.05, 0.1) is 0 Å². The van der Waals surface area contributed by atoms with Crippen LogP contribution in [0.4, 0.5) is 9.52 Å². The molecule has 3 atom stereocenters. The smallest absolute Gasteiger partial charge is 0.226 e. The molecule has 7 heteroatoms. The third-order valence-corrected chi connectivity index (χ3v) is 7.31. The molecule has 0 unspecified atom stereocenters. The molecule has 1 N–H and O–H groups in total. The fourth-order valence-corrected chi connectivity index (χ4v) is 5.86. The molecule has 132 valence electrons. The first-order valence-corrected chi connectivity index (χ1v) is 10.5. The summed E-state index contributed by atoms with van der Waals surface area (Å²) < 4.78 is 14.4. The van der Waals surface area contributed by atoms with Gasteiger partial charge in [-0.1, -0.05) is 47.7 Å². The number of anilines is 1. The second kappa shape index (κ2) is 7.41. The molecule has 2 fully saturated rings. The van der Waals surface area contributed by atoms with Crippen LogP contribution in [0.3, 0.4) is 0 Å². The molecule has 1 heterocycles. The third kappa shape index (κ3) is 4.03. The van der Waals surface area contributed by atoms with Crippen molar-refractivity contribution in [1.82, 2.24) is 10.2 Å². The number of aromatic nitrogens is 2. The van der Waals surface area contributed by atoms with Crippen molar-refractivity contribution in [1.29, 1.82) is 0 Å². The SMILES string of the molecule is O=C(C[C@@H]1C[C@@H]2CC[C@@H]1C2)Nc1nnc(SCc2ccccc2F)s1. The monoisotopic (exact) mass is 377 g/mol. The highest BCUT2D eigenvalue weighted by Crippen LogP contribution is 2.49. The van der Waals surface area contributed by atoms with Crippen molar-refractivity contribution in [2.45, 2.75) is 42.2 Å². The Labute approximate surface area is 154 Å². The topological polar surface area (TPSA) is 54.9 Å². The highest BCUT2D eigenvalue weighted by molar-refractivity contribution is 8.00. The van der Waals surface area contributed by atoms with E-state index in [4.69, 9.17) is 0 Å². The molecule has 2 bridgehead atoms. The highest BCUT2D eigenvalue weighted by atomic mass is 32.2. The van der Waals surface area contributed by atoms with Gasteiger partial charge in [0.2, 0.25) is 11.0 Å². The molecular weight excluding hydrogens is 357 g/mol. The standard InChI is InChI=1S/C18H20FN3OS2/c19-15-4-2-1-3-13(15)10-24-18-22-21-17(25-18)20-16(23)9-14-8-11-5-6-12(14)7-11/h1-4,11-12,14H,5-10H2,(H,20,21,23)/t11-,12-,14+/m1/s1. The molecule has 25 heavy (non-hydrogen) atoms. The molecule has 2 saturated carbocycles. The molecular formula is C18H20FN3OS2. The lowest BCUT2D eigenvalue weighted by atomic mass is 9.86. The second-order valence-electron chi connectivity index (χ2n) is 6.94. The Hall–Kier alpha value is -1.47. The van der Waals surface area contributed by atoms with Crippen LogP contribution >= 0.6 is 23.1 Å². The quantitative estimate of drug-likeness (QED) is 0.584. The van der Waals surface area contributed by atoms with E-state index >= 15 is 0 Å². The number of nitrogens with zero attached hydrogens (tertiary/aromatic N) is 2. The number of nitrogens with one attached hydrogen (secondary N) is 1. The van der Waals surface area contributed by atoms with Gasteiger partial charge in [-0.25, -0.2) is 4.39 Å². The average molecular weight is 378 g/mol. The van der Waals surface area contributed by atoms with Gasteiger partial charge in [-0.15, -0.1) is 10.2 Å². The van der Waals surface area contributed by atoms with E-state index in [0.717, 1.165) is 16.2 Å². The van der Waals surface area contributed by atoms with Crippen LogP contribution in [0.2, 0.25) is 0 Å². The molecule has 4 rings (SSSR count). The zero-order valence-electron chi connectivity index (χ0n) is 13.8. The molecule has 4 nitrogen and oxygen atoms in total. The molecule has 0 aliphatic heterocycles. The van der Waals surface area contributed by atoms with E-state index in [9.17, 15) is 9.18 Å². The fraction of sp³-hybridized carbons (Fsp3) is 0.500. The number of carbonyl (C=O) groups excluding carboxylic acids is 1. The van der Waals surface area contributed by atoms with E-state index in [1.165, 1.54) is 54.8 Å². The molecule has 1 aromatic heterocycles. The predicted molar refractivity (Wildman–Crippen MR) is 98.1 cm³/mol. The first kappa shape index (κ1) is 17.0. The van der Waals surface area contributed by atoms with Crippen LogP contribution in [0.15, 0.2) is 28.6 Å². The maximum Gasteiger partial charge on any atom is 0.226 e. The number of hydrogen-bond donors (Lipinski definition) is 1. The Morgan fingerprint density at radius 3 is 2.92 bits per heavy atom. The summed E-state index contributed by atoms with van der Waals surface area (Å²) in [5.74, 6) is 2.48. The molecule has 2 aliphatic rings. The zero-order valence-corrected chi connectivity index (χ0v) is 15.4. The van der Waals surface area contributed by atoms with Gasteiger partial charge in [-0.2, -0.15) is 0 Å². The van der Waals surface area contributed by atoms with E-state index in [0.29, 0.717) is 28.8 Å². The number of amides is 1. The lowest BCUT2D eigenvalue weighted by Crippen LogP contribution is -2.20. The van der Waals surface area contributed by atoms with E-state index in [1.54, 1.807) is 12.1 Å². The number of hydrogen-bond acceptors (Lipinski definition) is 5. The van der Waals surface area contributed by atoms with Crippen LogP contribution in [0.1, 0.15) is 37.7 Å². The van der Waals surface area contributed by atoms with Crippen LogP contribution in [0.25, 0.3) is 0 Å². The minimum Gasteiger partial charge on any atom is -0.300 e. The number of thioether (sulfide) groups is 1. The van der Waals surface area contributed by atoms with Crippen LogP contribution in [-0.2, 0) is 10.5 Å². The number of halogens is 1. The summed E-state index contributed by atoms with van der Waals surface area (Å²) in [4.78, 5) is 12.2. The summed E-state index contributed by atoms with van der Waals surface area (Å²) in [6.45, 7) is 0. The van der Waals surface area contributed by atoms with Gasteiger partial charge < -0.3 is 5.32 Å². The molecule has 0 spiro atoms. The molecule has 2 aromatic rings. The minimum atomic E-state index is -0.209. The first-order chi connectivity index (χ1) is 12.2. The molecule has 2 aliphatic carbocycles. The summed E-state index contributed by atoms with van der Waals surface area (Å²) in [6.07, 6.45) is 5.75. The summed E-state index contributed by atoms with van der Waals surface area (Å²) >= 11 is 2.78. The summed E-state index contributed by atoms with van der Waals surface area (Å²) in [6, 6.07) is 6.72. The van der Waals surface area contributed by atoms with E-state index in [2.05, 4.69) is 15.5 Å². The predicted octanol–water partition coefficient (Wildman–Crippen LogP) is 4.73. The maximum atomic E-state index is 13.6. The van der Waals surface area contributed by atoms with Crippen molar-refractivity contribution in [3.8, 4) is 0 Å². The Kier molecular flexibility index (Phi) is 5.03. The van der Waals surface area contributed by atoms with Crippen molar-refractivity contribution >= 4 is 34.1 Å². The van der Waals surface area contributed by atoms with Gasteiger partial charge in [0, 0.05) is 12.2 Å². The maximum absolute atomic E-state index is 13.6. The van der Waals surface area contributed by atoms with Gasteiger partial charge in [0.15, 0.2) is 4.34 Å². The lowest BCUT2D eigenvalue weighted by molar-refractivity contribution is -0.117. The fourth-order valence-electron chi connectivity index (χ4n) is 4.11. The van der Waals surface area contributed by atoms with Crippen molar-refractivity contribution in [3.05, 3.63) is 35.6 Å². The van der Waals surface area contributed by atoms with Crippen LogP contribution in [0.5, 0.6) is 0 Å². The first-order valence-electron chi connectivity index (χ1n) is 8.67. The van der Waals surface area contributed by atoms with Gasteiger partial charge in [-0.05, 0) is 48.6 Å². The van der Waals surface area contributed by atoms with Crippen molar-refractivity contribution < 1.29 is 9.18 Å². The van der Waals surface area contributed by atoms with E-state index in [-0.39, 0.29) is 11.7 Å². The molecule has 1 aromatic carbocycles. The number of fused-ring (bicyclic) bond motifs is 2. The van der Waals surface area contributed by atoms with Gasteiger partial charge in [0.1, 0.15) is 5.82 Å². The normalized spacial score (nSPS) is 24.6. The van der Waals surface area contributed by atoms with Crippen molar-refractivity contribution in [3.63, 3.8) is 0 Å². The molecule has 1 amide bonds. The summed E-state index contributed by atoms with van der Waals surface area (Å²) in [5.41, 5.74) is 0.643. The average Bonchev–Trinajstić information content (AvgIpc) is 3.31. The molecule has 0 saturated heterocycles. The van der Waals surface area contributed by atoms with Gasteiger partial charge >= 0.3 is 0 Å². The third-order valence-electron chi connectivity index (χ3n) is 5.29. The Morgan fingerprint density at radius 2 is 2.16 bits per heavy atom. The Bertz CT molecular complexity index is 766. The van der Waals surface area contributed by atoms with Crippen LogP contribution in [0, 0.1) is 23.6 Å². The molecule has 0 radical (unpaired) electrons. The van der Waals surface area contributed by atoms with E-state index in [1.807, 2.05) is 6.07 Å².